The van der Waals surface area contributed by atoms with Gasteiger partial charge < -0.3 is 4.74 Å². The summed E-state index contributed by atoms with van der Waals surface area (Å²) in [6.07, 6.45) is -8.73. The minimum atomic E-state index is -5.37. The van der Waals surface area contributed by atoms with Crippen molar-refractivity contribution in [3.05, 3.63) is 123 Å². The van der Waals surface area contributed by atoms with E-state index in [1.165, 1.54) is 6.07 Å². The quantitative estimate of drug-likeness (QED) is 0.140. The summed E-state index contributed by atoms with van der Waals surface area (Å²) in [5.74, 6) is -9.31. The third-order valence-electron chi connectivity index (χ3n) is 9.17. The first kappa shape index (κ1) is 38.7. The monoisotopic (exact) mass is 716 g/mol. The van der Waals surface area contributed by atoms with E-state index in [0.717, 1.165) is 43.7 Å². The SMILES string of the molecule is CCC(CC)(c1cc(F)c(C(C)(C)C(F)(F)Oc2ccc(-c3cc(F)c(C(F)(F)F)c(F)c3)c(F)c2)c(F)c1)c1ccc(CC(C)C)cc1F. The summed E-state index contributed by atoms with van der Waals surface area (Å²) in [6.45, 7) is 8.99. The highest BCUT2D eigenvalue weighted by atomic mass is 19.4. The summed E-state index contributed by atoms with van der Waals surface area (Å²) in [7, 11) is 0. The Morgan fingerprint density at radius 2 is 1.16 bits per heavy atom. The Morgan fingerprint density at radius 3 is 1.62 bits per heavy atom. The van der Waals surface area contributed by atoms with Gasteiger partial charge in [-0.25, -0.2) is 26.3 Å². The van der Waals surface area contributed by atoms with Crippen molar-refractivity contribution in [3.8, 4) is 16.9 Å². The van der Waals surface area contributed by atoms with Crippen molar-refractivity contribution in [1.29, 1.82) is 0 Å². The van der Waals surface area contributed by atoms with Gasteiger partial charge in [0.15, 0.2) is 0 Å². The maximum absolute atomic E-state index is 15.9. The molecule has 0 N–H and O–H groups in total. The molecule has 4 aromatic carbocycles. The summed E-state index contributed by atoms with van der Waals surface area (Å²) in [5.41, 5.74) is -7.51. The van der Waals surface area contributed by atoms with Gasteiger partial charge in [-0.15, -0.1) is 0 Å². The van der Waals surface area contributed by atoms with Crippen molar-refractivity contribution < 1.29 is 53.0 Å². The summed E-state index contributed by atoms with van der Waals surface area (Å²) in [5, 5.41) is 0. The molecule has 0 unspecified atom stereocenters. The van der Waals surface area contributed by atoms with Crippen LogP contribution in [0.3, 0.4) is 0 Å². The van der Waals surface area contributed by atoms with Gasteiger partial charge in [0.25, 0.3) is 0 Å². The highest BCUT2D eigenvalue weighted by Crippen LogP contribution is 2.47. The van der Waals surface area contributed by atoms with Crippen LogP contribution < -0.4 is 4.74 Å². The lowest BCUT2D eigenvalue weighted by Crippen LogP contribution is -2.46. The first-order valence-electron chi connectivity index (χ1n) is 15.8. The molecule has 0 atom stereocenters. The predicted octanol–water partition coefficient (Wildman–Crippen LogP) is 12.5. The fourth-order valence-corrected chi connectivity index (χ4v) is 6.40. The minimum Gasteiger partial charge on any atom is -0.432 e. The van der Waals surface area contributed by atoms with E-state index in [1.54, 1.807) is 26.0 Å². The molecule has 1 nitrogen and oxygen atoms in total. The van der Waals surface area contributed by atoms with Crippen LogP contribution >= 0.6 is 0 Å². The van der Waals surface area contributed by atoms with Crippen molar-refractivity contribution in [2.24, 2.45) is 5.92 Å². The Hall–Kier alpha value is -4.09. The molecule has 0 aliphatic heterocycles. The van der Waals surface area contributed by atoms with Gasteiger partial charge in [-0.05, 0) is 104 Å². The second kappa shape index (κ2) is 13.9. The van der Waals surface area contributed by atoms with E-state index in [9.17, 15) is 26.3 Å². The molecule has 0 fully saturated rings. The number of benzene rings is 4. The van der Waals surface area contributed by atoms with Gasteiger partial charge in [0.05, 0.1) is 5.41 Å². The molecule has 0 saturated carbocycles. The molecule has 12 heteroatoms. The van der Waals surface area contributed by atoms with Crippen LogP contribution in [0.5, 0.6) is 5.75 Å². The molecule has 270 valence electrons. The van der Waals surface area contributed by atoms with Crippen molar-refractivity contribution in [2.75, 3.05) is 0 Å². The second-order valence-corrected chi connectivity index (χ2v) is 13.2. The Morgan fingerprint density at radius 1 is 0.620 bits per heavy atom. The number of ether oxygens (including phenoxy) is 1. The smallest absolute Gasteiger partial charge is 0.422 e. The molecule has 0 saturated heterocycles. The first-order valence-corrected chi connectivity index (χ1v) is 15.8. The van der Waals surface area contributed by atoms with Crippen LogP contribution in [-0.4, -0.2) is 6.11 Å². The normalized spacial score (nSPS) is 12.9. The lowest BCUT2D eigenvalue weighted by Gasteiger charge is -2.37. The van der Waals surface area contributed by atoms with Crippen LogP contribution in [0.4, 0.5) is 48.3 Å². The predicted molar refractivity (Wildman–Crippen MR) is 168 cm³/mol. The molecular weight excluding hydrogens is 681 g/mol. The average molecular weight is 717 g/mol. The summed E-state index contributed by atoms with van der Waals surface area (Å²) in [6, 6.07) is 8.84. The average Bonchev–Trinajstić information content (AvgIpc) is 2.97. The third-order valence-corrected chi connectivity index (χ3v) is 9.17. The zero-order chi connectivity index (χ0) is 37.6. The molecule has 0 amide bonds. The number of hydrogen-bond donors (Lipinski definition) is 0. The Bertz CT molecular complexity index is 1830. The van der Waals surface area contributed by atoms with Crippen LogP contribution in [-0.2, 0) is 23.4 Å². The molecular formula is C38H35F11O. The topological polar surface area (TPSA) is 9.23 Å². The highest BCUT2D eigenvalue weighted by Gasteiger charge is 2.54. The van der Waals surface area contributed by atoms with Crippen LogP contribution in [0.2, 0.25) is 0 Å². The zero-order valence-electron chi connectivity index (χ0n) is 28.0. The molecule has 50 heavy (non-hydrogen) atoms. The van der Waals surface area contributed by atoms with E-state index in [4.69, 9.17) is 4.74 Å². The Labute approximate surface area is 283 Å². The maximum atomic E-state index is 15.9. The third kappa shape index (κ3) is 7.21. The van der Waals surface area contributed by atoms with Gasteiger partial charge in [-0.2, -0.15) is 22.0 Å². The second-order valence-electron chi connectivity index (χ2n) is 13.2. The molecule has 0 radical (unpaired) electrons. The molecule has 4 aromatic rings. The summed E-state index contributed by atoms with van der Waals surface area (Å²) in [4.78, 5) is 0. The molecule has 0 heterocycles. The van der Waals surface area contributed by atoms with Crippen LogP contribution in [0.15, 0.2) is 60.7 Å². The van der Waals surface area contributed by atoms with Crippen molar-refractivity contribution in [2.45, 2.75) is 83.9 Å². The van der Waals surface area contributed by atoms with Crippen LogP contribution in [0.25, 0.3) is 11.1 Å². The summed E-state index contributed by atoms with van der Waals surface area (Å²) < 4.78 is 165. The fourth-order valence-electron chi connectivity index (χ4n) is 6.40. The van der Waals surface area contributed by atoms with E-state index in [1.807, 2.05) is 13.8 Å². The van der Waals surface area contributed by atoms with Crippen LogP contribution in [0, 0.1) is 40.8 Å². The van der Waals surface area contributed by atoms with Gasteiger partial charge in [0.2, 0.25) is 0 Å². The maximum Gasteiger partial charge on any atom is 0.422 e. The van der Waals surface area contributed by atoms with Gasteiger partial charge in [-0.1, -0.05) is 39.8 Å². The molecule has 0 aliphatic carbocycles. The van der Waals surface area contributed by atoms with E-state index in [-0.39, 0.29) is 42.0 Å². The van der Waals surface area contributed by atoms with E-state index in [0.29, 0.717) is 12.5 Å². The van der Waals surface area contributed by atoms with Gasteiger partial charge in [0, 0.05) is 22.6 Å². The number of alkyl halides is 5. The molecule has 0 spiro atoms. The molecule has 0 aliphatic rings. The first-order chi connectivity index (χ1) is 23.1. The number of hydrogen-bond acceptors (Lipinski definition) is 1. The Kier molecular flexibility index (Phi) is 10.8. The lowest BCUT2D eigenvalue weighted by molar-refractivity contribution is -0.222. The lowest BCUT2D eigenvalue weighted by atomic mass is 9.69. The van der Waals surface area contributed by atoms with Crippen molar-refractivity contribution >= 4 is 0 Å². The van der Waals surface area contributed by atoms with Gasteiger partial charge in [-0.3, -0.25) is 0 Å². The van der Waals surface area contributed by atoms with Gasteiger partial charge in [0.1, 0.15) is 46.2 Å². The van der Waals surface area contributed by atoms with Crippen molar-refractivity contribution in [3.63, 3.8) is 0 Å². The number of rotatable bonds is 11. The van der Waals surface area contributed by atoms with E-state index < -0.39 is 86.0 Å². The van der Waals surface area contributed by atoms with Gasteiger partial charge >= 0.3 is 12.3 Å². The minimum absolute atomic E-state index is 0.0330. The summed E-state index contributed by atoms with van der Waals surface area (Å²) >= 11 is 0. The van der Waals surface area contributed by atoms with Crippen LogP contribution in [0.1, 0.15) is 82.2 Å². The Balaban J connectivity index is 1.68. The number of halogens is 11. The molecule has 4 rings (SSSR count). The standard InChI is InChI=1S/C38H35F11O/c1-7-36(8-2,26-12-9-21(13-20(3)4)14-28(26)40)23-17-31(43)33(32(44)18-23)35(5,6)38(48,49)50-24-10-11-25(27(39)19-24)22-15-29(41)34(30(42)16-22)37(45,46)47/h9-12,14-20H,7-8,13H2,1-6H3. The molecule has 0 aromatic heterocycles. The van der Waals surface area contributed by atoms with Crippen molar-refractivity contribution in [1.82, 2.24) is 0 Å². The fraction of sp³-hybridized carbons (Fsp3) is 0.368. The van der Waals surface area contributed by atoms with E-state index >= 15 is 22.0 Å². The van der Waals surface area contributed by atoms with E-state index in [2.05, 4.69) is 0 Å². The zero-order valence-corrected chi connectivity index (χ0v) is 28.0. The largest absolute Gasteiger partial charge is 0.432 e. The molecule has 0 bridgehead atoms. The highest BCUT2D eigenvalue weighted by molar-refractivity contribution is 5.66.